The van der Waals surface area contributed by atoms with Crippen molar-refractivity contribution in [3.63, 3.8) is 0 Å². The number of amides is 3. The van der Waals surface area contributed by atoms with Gasteiger partial charge >= 0.3 is 0 Å². The minimum atomic E-state index is -3.07. The Morgan fingerprint density at radius 2 is 0.696 bits per heavy atom. The molecule has 0 aromatic carbocycles. The predicted molar refractivity (Wildman–Crippen MR) is 391 cm³/mol. The Hall–Kier alpha value is 2.39. The van der Waals surface area contributed by atoms with Crippen molar-refractivity contribution in [3.8, 4) is 0 Å². The maximum absolute atomic E-state index is 12.3. The van der Waals surface area contributed by atoms with E-state index in [1.165, 1.54) is 109 Å². The fourth-order valence-electron chi connectivity index (χ4n) is 24.8. The van der Waals surface area contributed by atoms with Gasteiger partial charge in [-0.3, -0.25) is 14.4 Å². The van der Waals surface area contributed by atoms with Gasteiger partial charge in [-0.25, -0.2) is 28.0 Å². The SMILES string of the molecule is [2H][C-]1C[C@@H]2C[CH-]CC[C@]2(C)[C@H]2CC[C@]3(C)C(C(C)CCC(=O)NCCS(C)(=O)=O)CCC3[C@H]12.[2H][C-]1C[C@@H]2C[CH-]CC[C@]2(C)[C@H]2CC[C@]3(C)C(C(C)CCC(=O)NCCS(C)(=O)=O)CCC3[C@]12[2H].[2H][C@@]12[CH-]C[C@@H]3C[CH-]CC[C@]3(C)[C@H]1CC[C@]1(C)C(C(C)CCC(=O)NCCS(C)(=O)=O)CCC12.[W].[W].[W].[W].[W].[W]. The number of hydrogen-bond acceptors (Lipinski definition) is 9. The van der Waals surface area contributed by atoms with E-state index in [9.17, 15) is 42.4 Å². The van der Waals surface area contributed by atoms with Crippen LogP contribution in [0, 0.1) is 177 Å². The van der Waals surface area contributed by atoms with Crippen molar-refractivity contribution >= 4 is 47.2 Å². The number of carbonyl (C=O) groups excluding carboxylic acids is 3. The first kappa shape index (κ1) is 89.9. The molecule has 0 bridgehead atoms. The maximum atomic E-state index is 12.3. The van der Waals surface area contributed by atoms with Crippen LogP contribution in [0.5, 0.6) is 0 Å². The van der Waals surface area contributed by atoms with Crippen molar-refractivity contribution in [2.75, 3.05) is 55.7 Å². The number of hydrogen-bond donors (Lipinski definition) is 3. The monoisotopic (exact) mass is 2500 g/mol. The Morgan fingerprint density at radius 3 is 1.08 bits per heavy atom. The summed E-state index contributed by atoms with van der Waals surface area (Å²) < 4.78 is 106. The topological polar surface area (TPSA) is 190 Å². The summed E-state index contributed by atoms with van der Waals surface area (Å²) in [6.45, 7) is 22.3. The molecular formula is C81H135N3O9S3W6-6. The van der Waals surface area contributed by atoms with Crippen molar-refractivity contribution in [2.45, 2.75) is 255 Å². The maximum Gasteiger partial charge on any atom is 0.220 e. The molecule has 0 heterocycles. The smallest absolute Gasteiger partial charge is 0.220 e. The summed E-state index contributed by atoms with van der Waals surface area (Å²) in [4.78, 5) is 36.8. The molecule has 0 aliphatic heterocycles. The van der Waals surface area contributed by atoms with Crippen LogP contribution in [-0.4, -0.2) is 98.6 Å². The van der Waals surface area contributed by atoms with Crippen LogP contribution in [0.2, 0.25) is 0 Å². The minimum absolute atomic E-state index is 0. The van der Waals surface area contributed by atoms with Crippen LogP contribution in [0.1, 0.15) is 260 Å². The van der Waals surface area contributed by atoms with Gasteiger partial charge in [0.25, 0.3) is 0 Å². The Morgan fingerprint density at radius 1 is 0.402 bits per heavy atom. The van der Waals surface area contributed by atoms with Gasteiger partial charge in [0.1, 0.15) is 29.5 Å². The summed E-state index contributed by atoms with van der Waals surface area (Å²) >= 11 is 0. The van der Waals surface area contributed by atoms with Crippen molar-refractivity contribution < 1.29 is 172 Å². The number of carbonyl (C=O) groups is 3. The van der Waals surface area contributed by atoms with Gasteiger partial charge < -0.3 is 54.4 Å². The molecule has 21 heteroatoms. The standard InChI is InChI=1S/3C27H45NO3S.6W/c3*1-19(8-13-25(29)28-17-18-32(4,30)31)22-11-12-23-21-10-9-20-7-5-6-15-26(20,2)24(21)14-16-27(22,23)3;;;;;;/h3*5,10,19-24H,6-9,11-18H2,1-4H3,(H,28,29);;;;;;/q3*-2;;;;;;/t3*19?,20-,21-,22?,23?,24-,26-,27+;;;;;;/m000....../s1/i10D,21D;21D;10D;;;;;;. The molecule has 12 aliphatic carbocycles. The van der Waals surface area contributed by atoms with Gasteiger partial charge in [-0.05, 0) is 129 Å². The second-order valence-corrected chi connectivity index (χ2v) is 42.9. The minimum Gasteiger partial charge on any atom is -0.355 e. The fourth-order valence-corrected chi connectivity index (χ4v) is 26.3. The molecule has 12 aliphatic rings. The second kappa shape index (κ2) is 40.1. The molecule has 0 radical (unpaired) electrons. The quantitative estimate of drug-likeness (QED) is 0.0939. The third-order valence-electron chi connectivity index (χ3n) is 30.6. The molecule has 12 nitrogen and oxygen atoms in total. The van der Waals surface area contributed by atoms with E-state index in [0.717, 1.165) is 95.8 Å². The molecule has 3 amide bonds. The number of fused-ring (bicyclic) bond motifs is 15. The van der Waals surface area contributed by atoms with Crippen LogP contribution in [0.25, 0.3) is 0 Å². The Bertz CT molecular complexity index is 3250. The molecule has 12 fully saturated rings. The molecule has 0 spiro atoms. The van der Waals surface area contributed by atoms with E-state index < -0.39 is 41.3 Å². The summed E-state index contributed by atoms with van der Waals surface area (Å²) in [5, 5.41) is 8.30. The Labute approximate surface area is 715 Å². The average Bonchev–Trinajstić information content (AvgIpc) is 1.47. The summed E-state index contributed by atoms with van der Waals surface area (Å²) in [6, 6.07) is 0. The first-order valence-electron chi connectivity index (χ1n) is 41.0. The van der Waals surface area contributed by atoms with Crippen LogP contribution >= 0.6 is 0 Å². The van der Waals surface area contributed by atoms with Crippen LogP contribution in [0.4, 0.5) is 0 Å². The van der Waals surface area contributed by atoms with E-state index in [1.807, 2.05) is 0 Å². The van der Waals surface area contributed by atoms with Gasteiger partial charge in [-0.2, -0.15) is 75.5 Å². The summed E-state index contributed by atoms with van der Waals surface area (Å²) in [6.07, 6.45) is 46.8. The van der Waals surface area contributed by atoms with Crippen LogP contribution in [0.3, 0.4) is 0 Å². The van der Waals surface area contributed by atoms with Crippen molar-refractivity contribution in [3.05, 3.63) is 38.5 Å². The van der Waals surface area contributed by atoms with Crippen LogP contribution < -0.4 is 16.0 Å². The molecule has 12 saturated carbocycles. The van der Waals surface area contributed by atoms with E-state index in [0.29, 0.717) is 119 Å². The fraction of sp³-hybridized carbons (Fsp3) is 0.889. The number of rotatable bonds is 21. The number of sulfone groups is 3. The van der Waals surface area contributed by atoms with E-state index in [2.05, 4.69) is 104 Å². The summed E-state index contributed by atoms with van der Waals surface area (Å²) in [7, 11) is -9.17. The molecule has 0 aromatic heterocycles. The van der Waals surface area contributed by atoms with Crippen LogP contribution in [-0.2, 0) is 170 Å². The van der Waals surface area contributed by atoms with E-state index in [1.54, 1.807) is 0 Å². The zero-order chi connectivity index (χ0) is 73.0. The van der Waals surface area contributed by atoms with Gasteiger partial charge in [0.15, 0.2) is 0 Å². The third kappa shape index (κ3) is 22.1. The molecule has 0 saturated heterocycles. The molecular weight excluding hydrogens is 2360 g/mol. The van der Waals surface area contributed by atoms with Gasteiger partial charge in [0, 0.05) is 184 Å². The average molecular weight is 2500 g/mol. The molecule has 0 aromatic rings. The van der Waals surface area contributed by atoms with E-state index >= 15 is 0 Å². The van der Waals surface area contributed by atoms with Gasteiger partial charge in [-0.1, -0.05) is 173 Å². The molecule has 9 unspecified atom stereocenters. The predicted octanol–water partition coefficient (Wildman–Crippen LogP) is 15.7. The Balaban J connectivity index is 0.000000327. The molecule has 588 valence electrons. The normalized spacial score (nSPS) is 42.3. The van der Waals surface area contributed by atoms with Gasteiger partial charge in [0.05, 0.1) is 17.3 Å². The van der Waals surface area contributed by atoms with Gasteiger partial charge in [0.2, 0.25) is 17.7 Å². The first-order valence-corrected chi connectivity index (χ1v) is 45.1. The van der Waals surface area contributed by atoms with Crippen molar-refractivity contribution in [1.82, 2.24) is 16.0 Å². The molecule has 102 heavy (non-hydrogen) atoms. The van der Waals surface area contributed by atoms with E-state index in [4.69, 9.17) is 2.74 Å². The molecule has 24 atom stereocenters. The van der Waals surface area contributed by atoms with Crippen LogP contribution in [0.15, 0.2) is 0 Å². The van der Waals surface area contributed by atoms with Crippen molar-refractivity contribution in [2.24, 2.45) is 139 Å². The largest absolute Gasteiger partial charge is 0.355 e. The molecule has 3 N–H and O–H groups in total. The van der Waals surface area contributed by atoms with E-state index in [-0.39, 0.29) is 209 Å². The molecule has 12 rings (SSSR count). The van der Waals surface area contributed by atoms with Gasteiger partial charge in [-0.15, -0.1) is 0 Å². The van der Waals surface area contributed by atoms with Crippen molar-refractivity contribution in [1.29, 1.82) is 0 Å². The summed E-state index contributed by atoms with van der Waals surface area (Å²) in [5.41, 5.74) is 1.45. The third-order valence-corrected chi connectivity index (χ3v) is 33.5. The Kier molecular flexibility index (Phi) is 35.4. The first-order chi connectivity index (χ1) is 46.7. The zero-order valence-electron chi connectivity index (χ0n) is 68.4. The second-order valence-electron chi connectivity index (χ2n) is 36.1. The zero-order valence-corrected chi connectivity index (χ0v) is 84.4. The number of nitrogens with one attached hydrogen (secondary N) is 3. The summed E-state index contributed by atoms with van der Waals surface area (Å²) in [5.74, 6) is 6.86.